The second-order valence-corrected chi connectivity index (χ2v) is 8.04. The molecule has 0 aliphatic rings. The van der Waals surface area contributed by atoms with Crippen LogP contribution >= 0.6 is 0 Å². The van der Waals surface area contributed by atoms with Crippen LogP contribution in [0, 0.1) is 0 Å². The molecule has 0 bridgehead atoms. The molecule has 0 saturated heterocycles. The molecule has 34 heavy (non-hydrogen) atoms. The van der Waals surface area contributed by atoms with E-state index in [4.69, 9.17) is 9.47 Å². The van der Waals surface area contributed by atoms with Gasteiger partial charge in [-0.2, -0.15) is 5.10 Å². The first-order chi connectivity index (χ1) is 16.7. The van der Waals surface area contributed by atoms with E-state index in [0.717, 1.165) is 12.2 Å². The van der Waals surface area contributed by atoms with Crippen LogP contribution in [0.5, 0.6) is 17.2 Å². The number of esters is 1. The van der Waals surface area contributed by atoms with Crippen LogP contribution in [0.25, 0.3) is 0 Å². The summed E-state index contributed by atoms with van der Waals surface area (Å²) in [6.07, 6.45) is 14.4. The van der Waals surface area contributed by atoms with E-state index in [1.54, 1.807) is 36.4 Å². The molecular formula is C26H32N4O4. The van der Waals surface area contributed by atoms with Crippen molar-refractivity contribution in [3.63, 3.8) is 0 Å². The van der Waals surface area contributed by atoms with Crippen LogP contribution in [0.1, 0.15) is 74.2 Å². The predicted octanol–water partition coefficient (Wildman–Crippen LogP) is 5.60. The van der Waals surface area contributed by atoms with E-state index in [9.17, 15) is 9.90 Å². The van der Waals surface area contributed by atoms with Gasteiger partial charge in [0.25, 0.3) is 0 Å². The molecule has 1 aromatic heterocycles. The Balaban J connectivity index is 1.41. The highest BCUT2D eigenvalue weighted by atomic mass is 16.5. The lowest BCUT2D eigenvalue weighted by Crippen LogP contribution is -2.08. The van der Waals surface area contributed by atoms with E-state index >= 15 is 0 Å². The molecule has 180 valence electrons. The Morgan fingerprint density at radius 2 is 1.59 bits per heavy atom. The topological polar surface area (TPSA) is 98.8 Å². The van der Waals surface area contributed by atoms with E-state index in [2.05, 4.69) is 22.2 Å². The quantitative estimate of drug-likeness (QED) is 0.144. The van der Waals surface area contributed by atoms with E-state index in [-0.39, 0.29) is 11.5 Å². The van der Waals surface area contributed by atoms with E-state index in [0.29, 0.717) is 17.7 Å². The minimum Gasteiger partial charge on any atom is -0.507 e. The Hall–Kier alpha value is -3.68. The van der Waals surface area contributed by atoms with Gasteiger partial charge in [-0.25, -0.2) is 9.47 Å². The van der Waals surface area contributed by atoms with Gasteiger partial charge >= 0.3 is 5.97 Å². The Bertz CT molecular complexity index is 1030. The number of phenolic OH excluding ortho intramolecular Hbond substituents is 1. The molecule has 3 rings (SSSR count). The maximum Gasteiger partial charge on any atom is 0.343 e. The molecule has 0 saturated carbocycles. The number of benzene rings is 2. The van der Waals surface area contributed by atoms with Crippen LogP contribution in [0.2, 0.25) is 0 Å². The van der Waals surface area contributed by atoms with Crippen LogP contribution in [-0.4, -0.2) is 38.8 Å². The molecule has 1 N–H and O–H groups in total. The summed E-state index contributed by atoms with van der Waals surface area (Å²) in [6.45, 7) is 2.91. The molecule has 8 heteroatoms. The van der Waals surface area contributed by atoms with Gasteiger partial charge in [-0.05, 0) is 42.8 Å². The fraction of sp³-hybridized carbons (Fsp3) is 0.385. The number of rotatable bonds is 14. The molecular weight excluding hydrogens is 432 g/mol. The number of hydrogen-bond donors (Lipinski definition) is 1. The highest BCUT2D eigenvalue weighted by molar-refractivity contribution is 5.91. The van der Waals surface area contributed by atoms with Crippen molar-refractivity contribution in [3.05, 3.63) is 66.2 Å². The Morgan fingerprint density at radius 1 is 0.941 bits per heavy atom. The SMILES string of the molecule is CCCCCCCCCCOc1ccc(C(=O)Oc2ccc(/C=N/n3cnnc3)c(O)c2)cc1. The van der Waals surface area contributed by atoms with Gasteiger partial charge in [-0.1, -0.05) is 51.9 Å². The minimum absolute atomic E-state index is 0.0631. The highest BCUT2D eigenvalue weighted by Gasteiger charge is 2.10. The van der Waals surface area contributed by atoms with Crippen molar-refractivity contribution < 1.29 is 19.4 Å². The minimum atomic E-state index is -0.514. The molecule has 0 fully saturated rings. The summed E-state index contributed by atoms with van der Waals surface area (Å²) < 4.78 is 12.6. The van der Waals surface area contributed by atoms with E-state index in [1.165, 1.54) is 74.6 Å². The average Bonchev–Trinajstić information content (AvgIpc) is 3.36. The van der Waals surface area contributed by atoms with Crippen molar-refractivity contribution in [1.82, 2.24) is 14.9 Å². The van der Waals surface area contributed by atoms with Gasteiger partial charge in [0.05, 0.1) is 18.4 Å². The van der Waals surface area contributed by atoms with Crippen LogP contribution in [-0.2, 0) is 0 Å². The number of phenols is 1. The monoisotopic (exact) mass is 464 g/mol. The molecule has 1 heterocycles. The highest BCUT2D eigenvalue weighted by Crippen LogP contribution is 2.23. The average molecular weight is 465 g/mol. The molecule has 0 aliphatic carbocycles. The second-order valence-electron chi connectivity index (χ2n) is 8.04. The maximum absolute atomic E-state index is 12.4. The zero-order valence-electron chi connectivity index (χ0n) is 19.6. The van der Waals surface area contributed by atoms with Gasteiger partial charge in [0, 0.05) is 11.6 Å². The van der Waals surface area contributed by atoms with Gasteiger partial charge < -0.3 is 14.6 Å². The van der Waals surface area contributed by atoms with Crippen molar-refractivity contribution in [2.45, 2.75) is 58.3 Å². The molecule has 3 aromatic rings. The standard InChI is InChI=1S/C26H32N4O4/c1-2-3-4-5-6-7-8-9-16-33-23-13-10-21(11-14-23)26(32)34-24-15-12-22(25(31)17-24)18-29-30-19-27-28-20-30/h10-15,17-20,31H,2-9,16H2,1H3/b29-18+. The first-order valence-corrected chi connectivity index (χ1v) is 11.8. The number of carbonyl (C=O) groups excluding carboxylic acids is 1. The summed E-state index contributed by atoms with van der Waals surface area (Å²) in [7, 11) is 0. The second kappa shape index (κ2) is 13.8. The number of aromatic nitrogens is 3. The van der Waals surface area contributed by atoms with Crippen molar-refractivity contribution in [3.8, 4) is 17.2 Å². The molecule has 0 atom stereocenters. The van der Waals surface area contributed by atoms with E-state index in [1.807, 2.05) is 0 Å². The number of nitrogens with zero attached hydrogens (tertiary/aromatic N) is 4. The lowest BCUT2D eigenvalue weighted by molar-refractivity contribution is 0.0734. The third-order valence-corrected chi connectivity index (χ3v) is 5.31. The summed E-state index contributed by atoms with van der Waals surface area (Å²) >= 11 is 0. The van der Waals surface area contributed by atoms with Crippen LogP contribution in [0.4, 0.5) is 0 Å². The van der Waals surface area contributed by atoms with Crippen LogP contribution in [0.15, 0.2) is 60.2 Å². The van der Waals surface area contributed by atoms with Gasteiger partial charge in [0.15, 0.2) is 0 Å². The number of unbranched alkanes of at least 4 members (excludes halogenated alkanes) is 7. The normalized spacial score (nSPS) is 11.1. The maximum atomic E-state index is 12.4. The van der Waals surface area contributed by atoms with Crippen LogP contribution in [0.3, 0.4) is 0 Å². The third-order valence-electron chi connectivity index (χ3n) is 5.31. The summed E-state index contributed by atoms with van der Waals surface area (Å²) in [5.74, 6) is 0.389. The van der Waals surface area contributed by atoms with Crippen molar-refractivity contribution in [2.24, 2.45) is 5.10 Å². The fourth-order valence-corrected chi connectivity index (χ4v) is 3.36. The molecule has 0 unspecified atom stereocenters. The number of hydrogen-bond acceptors (Lipinski definition) is 7. The molecule has 8 nitrogen and oxygen atoms in total. The molecule has 0 aliphatic heterocycles. The van der Waals surface area contributed by atoms with E-state index < -0.39 is 5.97 Å². The molecule has 0 radical (unpaired) electrons. The summed E-state index contributed by atoms with van der Waals surface area (Å²) in [5.41, 5.74) is 0.864. The summed E-state index contributed by atoms with van der Waals surface area (Å²) in [4.78, 5) is 12.4. The lowest BCUT2D eigenvalue weighted by Gasteiger charge is -2.08. The fourth-order valence-electron chi connectivity index (χ4n) is 3.36. The number of carbonyl (C=O) groups is 1. The molecule has 0 spiro atoms. The first kappa shape index (κ1) is 25.0. The Morgan fingerprint density at radius 3 is 2.26 bits per heavy atom. The lowest BCUT2D eigenvalue weighted by atomic mass is 10.1. The first-order valence-electron chi connectivity index (χ1n) is 11.8. The van der Waals surface area contributed by atoms with Gasteiger partial charge in [-0.3, -0.25) is 0 Å². The summed E-state index contributed by atoms with van der Waals surface area (Å²) in [6, 6.07) is 11.4. The zero-order valence-corrected chi connectivity index (χ0v) is 19.6. The predicted molar refractivity (Wildman–Crippen MR) is 131 cm³/mol. The summed E-state index contributed by atoms with van der Waals surface area (Å²) in [5, 5.41) is 21.6. The van der Waals surface area contributed by atoms with Crippen molar-refractivity contribution >= 4 is 12.2 Å². The van der Waals surface area contributed by atoms with Crippen LogP contribution < -0.4 is 9.47 Å². The largest absolute Gasteiger partial charge is 0.507 e. The number of ether oxygens (including phenoxy) is 2. The van der Waals surface area contributed by atoms with Gasteiger partial charge in [0.2, 0.25) is 0 Å². The zero-order chi connectivity index (χ0) is 24.0. The van der Waals surface area contributed by atoms with Gasteiger partial charge in [-0.15, -0.1) is 10.2 Å². The molecule has 2 aromatic carbocycles. The number of aromatic hydroxyl groups is 1. The Labute approximate surface area is 200 Å². The van der Waals surface area contributed by atoms with Crippen molar-refractivity contribution in [2.75, 3.05) is 6.61 Å². The van der Waals surface area contributed by atoms with Gasteiger partial charge in [0.1, 0.15) is 29.9 Å². The molecule has 0 amide bonds. The third kappa shape index (κ3) is 8.35. The Kier molecular flexibility index (Phi) is 10.1. The smallest absolute Gasteiger partial charge is 0.343 e. The van der Waals surface area contributed by atoms with Crippen molar-refractivity contribution in [1.29, 1.82) is 0 Å².